The predicted octanol–water partition coefficient (Wildman–Crippen LogP) is 1.86. The highest BCUT2D eigenvalue weighted by Crippen LogP contribution is 2.11. The maximum absolute atomic E-state index is 11.2. The average molecular weight is 162 g/mol. The minimum atomic E-state index is 0.126. The average Bonchev–Trinajstić information content (AvgIpc) is 2.17. The van der Waals surface area contributed by atoms with Crippen LogP contribution < -0.4 is 4.90 Å². The van der Waals surface area contributed by atoms with E-state index in [0.717, 1.165) is 5.69 Å². The van der Waals surface area contributed by atoms with Crippen molar-refractivity contribution < 1.29 is 4.79 Å². The summed E-state index contributed by atoms with van der Waals surface area (Å²) in [5.74, 6) is 0.126. The van der Waals surface area contributed by atoms with Crippen LogP contribution >= 0.6 is 0 Å². The molecule has 1 amide bonds. The molecule has 1 radical (unpaired) electrons. The molecule has 0 atom stereocenters. The molecule has 0 heterocycles. The lowest BCUT2D eigenvalue weighted by Crippen LogP contribution is -2.24. The molecule has 0 saturated carbocycles. The van der Waals surface area contributed by atoms with Crippen LogP contribution in [0.5, 0.6) is 0 Å². The molecule has 63 valence electrons. The zero-order valence-corrected chi connectivity index (χ0v) is 7.37. The standard InChI is InChI=1S/C10H12NO/c1-3-10(12)11(2)9-7-5-4-6-8-9/h5-8H,3H2,1-2H3. The van der Waals surface area contributed by atoms with E-state index in [0.29, 0.717) is 6.42 Å². The molecule has 0 aliphatic rings. The van der Waals surface area contributed by atoms with E-state index in [9.17, 15) is 4.79 Å². The van der Waals surface area contributed by atoms with Crippen LogP contribution in [0.25, 0.3) is 0 Å². The fraction of sp³-hybridized carbons (Fsp3) is 0.300. The molecule has 0 saturated heterocycles. The van der Waals surface area contributed by atoms with E-state index in [2.05, 4.69) is 6.07 Å². The van der Waals surface area contributed by atoms with Gasteiger partial charge in [0.1, 0.15) is 0 Å². The third-order valence-electron chi connectivity index (χ3n) is 1.76. The number of hydrogen-bond donors (Lipinski definition) is 0. The van der Waals surface area contributed by atoms with Crippen LogP contribution in [0.15, 0.2) is 24.3 Å². The van der Waals surface area contributed by atoms with Crippen LogP contribution in [0, 0.1) is 6.07 Å². The van der Waals surface area contributed by atoms with E-state index in [-0.39, 0.29) is 5.91 Å². The normalized spacial score (nSPS) is 9.50. The van der Waals surface area contributed by atoms with Crippen molar-refractivity contribution in [1.29, 1.82) is 0 Å². The zero-order chi connectivity index (χ0) is 8.97. The Morgan fingerprint density at radius 2 is 2.08 bits per heavy atom. The monoisotopic (exact) mass is 162 g/mol. The molecule has 0 fully saturated rings. The first-order valence-electron chi connectivity index (χ1n) is 3.98. The Morgan fingerprint density at radius 3 is 2.58 bits per heavy atom. The summed E-state index contributed by atoms with van der Waals surface area (Å²) in [6, 6.07) is 10.2. The Hall–Kier alpha value is -1.31. The van der Waals surface area contributed by atoms with Gasteiger partial charge in [0.15, 0.2) is 0 Å². The first-order valence-corrected chi connectivity index (χ1v) is 3.98. The molecule has 0 aliphatic heterocycles. The van der Waals surface area contributed by atoms with Gasteiger partial charge in [0.2, 0.25) is 5.91 Å². The first kappa shape index (κ1) is 8.78. The fourth-order valence-corrected chi connectivity index (χ4v) is 0.983. The molecule has 2 nitrogen and oxygen atoms in total. The Morgan fingerprint density at radius 1 is 1.50 bits per heavy atom. The van der Waals surface area contributed by atoms with Gasteiger partial charge >= 0.3 is 0 Å². The molecule has 0 N–H and O–H groups in total. The van der Waals surface area contributed by atoms with Gasteiger partial charge in [0.25, 0.3) is 0 Å². The van der Waals surface area contributed by atoms with Crippen molar-refractivity contribution in [3.05, 3.63) is 30.3 Å². The smallest absolute Gasteiger partial charge is 0.226 e. The zero-order valence-electron chi connectivity index (χ0n) is 7.37. The molecule has 0 aromatic heterocycles. The maximum atomic E-state index is 11.2. The lowest BCUT2D eigenvalue weighted by Gasteiger charge is -2.15. The van der Waals surface area contributed by atoms with Gasteiger partial charge in [-0.3, -0.25) is 4.79 Å². The highest BCUT2D eigenvalue weighted by Gasteiger charge is 2.06. The molecule has 0 spiro atoms. The summed E-state index contributed by atoms with van der Waals surface area (Å²) in [6.07, 6.45) is 0.537. The second-order valence-corrected chi connectivity index (χ2v) is 2.56. The van der Waals surface area contributed by atoms with Gasteiger partial charge in [-0.1, -0.05) is 19.1 Å². The number of amides is 1. The topological polar surface area (TPSA) is 20.3 Å². The van der Waals surface area contributed by atoms with Crippen molar-refractivity contribution in [3.8, 4) is 0 Å². The van der Waals surface area contributed by atoms with Crippen LogP contribution in [0.2, 0.25) is 0 Å². The number of hydrogen-bond acceptors (Lipinski definition) is 1. The summed E-state index contributed by atoms with van der Waals surface area (Å²) >= 11 is 0. The predicted molar refractivity (Wildman–Crippen MR) is 49.0 cm³/mol. The number of carbonyl (C=O) groups excluding carboxylic acids is 1. The minimum Gasteiger partial charge on any atom is -0.316 e. The Labute approximate surface area is 72.8 Å². The lowest BCUT2D eigenvalue weighted by atomic mass is 10.3. The lowest BCUT2D eigenvalue weighted by molar-refractivity contribution is -0.118. The molecule has 0 unspecified atom stereocenters. The molecule has 1 aromatic carbocycles. The molecule has 0 bridgehead atoms. The molecular weight excluding hydrogens is 150 g/mol. The Kier molecular flexibility index (Phi) is 2.86. The summed E-state index contributed by atoms with van der Waals surface area (Å²) in [6.45, 7) is 1.86. The highest BCUT2D eigenvalue weighted by molar-refractivity contribution is 5.92. The van der Waals surface area contributed by atoms with Crippen LogP contribution in [0.1, 0.15) is 13.3 Å². The molecule has 1 rings (SSSR count). The summed E-state index contributed by atoms with van der Waals surface area (Å²) in [5, 5.41) is 0. The van der Waals surface area contributed by atoms with Gasteiger partial charge in [-0.25, -0.2) is 0 Å². The van der Waals surface area contributed by atoms with E-state index >= 15 is 0 Å². The van der Waals surface area contributed by atoms with Gasteiger partial charge in [-0.05, 0) is 18.2 Å². The molecule has 0 aliphatic carbocycles. The van der Waals surface area contributed by atoms with Gasteiger partial charge in [-0.2, -0.15) is 0 Å². The van der Waals surface area contributed by atoms with E-state index in [1.807, 2.05) is 19.1 Å². The van der Waals surface area contributed by atoms with E-state index in [1.165, 1.54) is 0 Å². The van der Waals surface area contributed by atoms with Gasteiger partial charge in [-0.15, -0.1) is 0 Å². The summed E-state index contributed by atoms with van der Waals surface area (Å²) in [4.78, 5) is 12.9. The molecule has 1 aromatic rings. The van der Waals surface area contributed by atoms with Gasteiger partial charge < -0.3 is 4.90 Å². The van der Waals surface area contributed by atoms with Gasteiger partial charge in [0, 0.05) is 19.2 Å². The summed E-state index contributed by atoms with van der Waals surface area (Å²) < 4.78 is 0. The fourth-order valence-electron chi connectivity index (χ4n) is 0.983. The third-order valence-corrected chi connectivity index (χ3v) is 1.76. The van der Waals surface area contributed by atoms with Crippen molar-refractivity contribution in [2.45, 2.75) is 13.3 Å². The largest absolute Gasteiger partial charge is 0.316 e. The van der Waals surface area contributed by atoms with Crippen LogP contribution in [0.4, 0.5) is 5.69 Å². The van der Waals surface area contributed by atoms with Crippen molar-refractivity contribution in [2.24, 2.45) is 0 Å². The SMILES string of the molecule is CCC(=O)N(C)c1cc[c]cc1. The molecular formula is C10H12NO. The van der Waals surface area contributed by atoms with Crippen molar-refractivity contribution >= 4 is 11.6 Å². The van der Waals surface area contributed by atoms with E-state index < -0.39 is 0 Å². The van der Waals surface area contributed by atoms with Crippen LogP contribution in [-0.4, -0.2) is 13.0 Å². The first-order chi connectivity index (χ1) is 5.75. The molecule has 2 heteroatoms. The third kappa shape index (κ3) is 1.84. The second kappa shape index (κ2) is 3.90. The maximum Gasteiger partial charge on any atom is 0.226 e. The van der Waals surface area contributed by atoms with Crippen molar-refractivity contribution in [3.63, 3.8) is 0 Å². The summed E-state index contributed by atoms with van der Waals surface area (Å²) in [7, 11) is 1.78. The number of benzene rings is 1. The Bertz CT molecular complexity index is 256. The number of carbonyl (C=O) groups is 1. The van der Waals surface area contributed by atoms with E-state index in [1.54, 1.807) is 24.1 Å². The second-order valence-electron chi connectivity index (χ2n) is 2.56. The van der Waals surface area contributed by atoms with Crippen LogP contribution in [0.3, 0.4) is 0 Å². The quantitative estimate of drug-likeness (QED) is 0.650. The van der Waals surface area contributed by atoms with Crippen molar-refractivity contribution in [1.82, 2.24) is 0 Å². The van der Waals surface area contributed by atoms with Crippen LogP contribution in [-0.2, 0) is 4.79 Å². The van der Waals surface area contributed by atoms with Crippen molar-refractivity contribution in [2.75, 3.05) is 11.9 Å². The minimum absolute atomic E-state index is 0.126. The highest BCUT2D eigenvalue weighted by atomic mass is 16.2. The number of nitrogens with zero attached hydrogens (tertiary/aromatic N) is 1. The molecule has 12 heavy (non-hydrogen) atoms. The van der Waals surface area contributed by atoms with E-state index in [4.69, 9.17) is 0 Å². The number of anilines is 1. The van der Waals surface area contributed by atoms with Gasteiger partial charge in [0.05, 0.1) is 0 Å². The number of rotatable bonds is 2. The summed E-state index contributed by atoms with van der Waals surface area (Å²) in [5.41, 5.74) is 0.917. The Balaban J connectivity index is 2.78.